The van der Waals surface area contributed by atoms with Gasteiger partial charge in [-0.15, -0.1) is 0 Å². The van der Waals surface area contributed by atoms with Crippen LogP contribution in [0.3, 0.4) is 0 Å². The van der Waals surface area contributed by atoms with Crippen molar-refractivity contribution in [3.8, 4) is 0 Å². The van der Waals surface area contributed by atoms with E-state index in [9.17, 15) is 4.79 Å². The Morgan fingerprint density at radius 2 is 1.74 bits per heavy atom. The fraction of sp³-hybridized carbons (Fsp3) is 0.111. The molecule has 1 amide bonds. The molecule has 1 saturated heterocycles. The number of halogens is 3. The van der Waals surface area contributed by atoms with Gasteiger partial charge in [0.1, 0.15) is 0 Å². The van der Waals surface area contributed by atoms with Crippen molar-refractivity contribution in [2.75, 3.05) is 0 Å². The van der Waals surface area contributed by atoms with Crippen LogP contribution in [0.25, 0.3) is 17.0 Å². The first-order valence-corrected chi connectivity index (χ1v) is 12.8. The molecule has 0 atom stereocenters. The molecule has 0 bridgehead atoms. The van der Waals surface area contributed by atoms with Gasteiger partial charge in [-0.05, 0) is 79.2 Å². The van der Waals surface area contributed by atoms with Crippen LogP contribution < -0.4 is 5.32 Å². The van der Waals surface area contributed by atoms with Gasteiger partial charge in [0.25, 0.3) is 5.91 Å². The number of para-hydroxylation sites is 1. The third kappa shape index (κ3) is 4.87. The molecule has 1 N–H and O–H groups in total. The number of carbonyl (C=O) groups is 1. The second-order valence-corrected chi connectivity index (χ2v) is 10.6. The topological polar surface area (TPSA) is 46.4 Å². The van der Waals surface area contributed by atoms with Crippen molar-refractivity contribution >= 4 is 80.3 Å². The number of rotatable bonds is 4. The molecular formula is C27H20Cl3N3OS. The lowest BCUT2D eigenvalue weighted by Crippen LogP contribution is -2.19. The van der Waals surface area contributed by atoms with Crippen molar-refractivity contribution in [3.05, 3.63) is 103 Å². The predicted octanol–water partition coefficient (Wildman–Crippen LogP) is 8.16. The van der Waals surface area contributed by atoms with Crippen LogP contribution in [-0.2, 0) is 11.3 Å². The van der Waals surface area contributed by atoms with Crippen molar-refractivity contribution in [2.45, 2.75) is 20.4 Å². The normalized spacial score (nSPS) is 16.0. The SMILES string of the molecule is Cc1cc(Cl)ccc1N=C1NC(=O)/C(=C/c2c(C)n(Cc3ccc(Cl)cc3Cl)c3ccccc23)S1. The molecule has 0 radical (unpaired) electrons. The molecule has 8 heteroatoms. The number of thioether (sulfide) groups is 1. The fourth-order valence-corrected chi connectivity index (χ4v) is 5.64. The highest BCUT2D eigenvalue weighted by Gasteiger charge is 2.25. The number of fused-ring (bicyclic) bond motifs is 1. The Bertz CT molecular complexity index is 1560. The maximum absolute atomic E-state index is 12.8. The number of aryl methyl sites for hydroxylation is 1. The van der Waals surface area contributed by atoms with Gasteiger partial charge in [-0.25, -0.2) is 4.99 Å². The Morgan fingerprint density at radius 1 is 1.00 bits per heavy atom. The lowest BCUT2D eigenvalue weighted by atomic mass is 10.1. The molecule has 0 unspecified atom stereocenters. The van der Waals surface area contributed by atoms with Crippen molar-refractivity contribution in [1.82, 2.24) is 9.88 Å². The molecule has 1 aliphatic heterocycles. The van der Waals surface area contributed by atoms with Crippen molar-refractivity contribution in [1.29, 1.82) is 0 Å². The minimum atomic E-state index is -0.169. The maximum Gasteiger partial charge on any atom is 0.264 e. The van der Waals surface area contributed by atoms with E-state index in [1.54, 1.807) is 12.1 Å². The van der Waals surface area contributed by atoms with Crippen LogP contribution in [0, 0.1) is 13.8 Å². The molecule has 4 nitrogen and oxygen atoms in total. The van der Waals surface area contributed by atoms with E-state index in [1.807, 2.05) is 49.4 Å². The fourth-order valence-electron chi connectivity index (χ4n) is 4.13. The number of nitrogens with zero attached hydrogens (tertiary/aromatic N) is 2. The van der Waals surface area contributed by atoms with Crippen LogP contribution >= 0.6 is 46.6 Å². The number of carbonyl (C=O) groups excluding carboxylic acids is 1. The molecule has 35 heavy (non-hydrogen) atoms. The van der Waals surface area contributed by atoms with E-state index in [2.05, 4.69) is 33.9 Å². The van der Waals surface area contributed by atoms with Crippen molar-refractivity contribution in [3.63, 3.8) is 0 Å². The molecule has 1 fully saturated rings. The van der Waals surface area contributed by atoms with E-state index >= 15 is 0 Å². The largest absolute Gasteiger partial charge is 0.340 e. The molecule has 176 valence electrons. The summed E-state index contributed by atoms with van der Waals surface area (Å²) in [5.74, 6) is -0.169. The van der Waals surface area contributed by atoms with Crippen LogP contribution in [0.4, 0.5) is 5.69 Å². The number of aliphatic imine (C=N–C) groups is 1. The minimum Gasteiger partial charge on any atom is -0.340 e. The van der Waals surface area contributed by atoms with E-state index in [4.69, 9.17) is 34.8 Å². The number of hydrogen-bond donors (Lipinski definition) is 1. The number of amides is 1. The van der Waals surface area contributed by atoms with E-state index in [0.717, 1.165) is 39.0 Å². The van der Waals surface area contributed by atoms with Gasteiger partial charge in [-0.2, -0.15) is 0 Å². The first-order chi connectivity index (χ1) is 16.8. The number of hydrogen-bond acceptors (Lipinski definition) is 3. The Balaban J connectivity index is 1.53. The van der Waals surface area contributed by atoms with Gasteiger partial charge in [0.15, 0.2) is 5.17 Å². The van der Waals surface area contributed by atoms with Gasteiger partial charge in [0, 0.05) is 43.8 Å². The van der Waals surface area contributed by atoms with Gasteiger partial charge in [0.05, 0.1) is 10.6 Å². The smallest absolute Gasteiger partial charge is 0.264 e. The summed E-state index contributed by atoms with van der Waals surface area (Å²) in [5.41, 5.74) is 5.78. The zero-order valence-corrected chi connectivity index (χ0v) is 22.0. The van der Waals surface area contributed by atoms with Gasteiger partial charge in [-0.1, -0.05) is 59.1 Å². The molecule has 1 aliphatic rings. The molecule has 0 aliphatic carbocycles. The second-order valence-electron chi connectivity index (χ2n) is 8.25. The summed E-state index contributed by atoms with van der Waals surface area (Å²) in [6.07, 6.45) is 1.94. The minimum absolute atomic E-state index is 0.169. The lowest BCUT2D eigenvalue weighted by molar-refractivity contribution is -0.115. The van der Waals surface area contributed by atoms with Gasteiger partial charge in [-0.3, -0.25) is 4.79 Å². The highest BCUT2D eigenvalue weighted by Crippen LogP contribution is 2.34. The van der Waals surface area contributed by atoms with Crippen molar-refractivity contribution < 1.29 is 4.79 Å². The molecule has 0 saturated carbocycles. The standard InChI is InChI=1S/C27H20Cl3N3OS/c1-15-11-18(28)9-10-23(15)31-27-32-26(34)25(35-27)13-21-16(2)33(24-6-4-3-5-20(21)24)14-17-7-8-19(29)12-22(17)30/h3-13H,14H2,1-2H3,(H,31,32,34)/b25-13-. The summed E-state index contributed by atoms with van der Waals surface area (Å²) in [4.78, 5) is 18.0. The maximum atomic E-state index is 12.8. The van der Waals surface area contributed by atoms with E-state index < -0.39 is 0 Å². The molecule has 5 rings (SSSR count). The second kappa shape index (κ2) is 9.75. The van der Waals surface area contributed by atoms with E-state index in [-0.39, 0.29) is 5.91 Å². The Morgan fingerprint density at radius 3 is 2.51 bits per heavy atom. The van der Waals surface area contributed by atoms with Crippen LogP contribution in [0.2, 0.25) is 15.1 Å². The summed E-state index contributed by atoms with van der Waals surface area (Å²) in [6, 6.07) is 19.2. The summed E-state index contributed by atoms with van der Waals surface area (Å²) in [6.45, 7) is 4.59. The van der Waals surface area contributed by atoms with E-state index in [0.29, 0.717) is 31.7 Å². The summed E-state index contributed by atoms with van der Waals surface area (Å²) in [7, 11) is 0. The van der Waals surface area contributed by atoms with Gasteiger partial charge < -0.3 is 9.88 Å². The van der Waals surface area contributed by atoms with Gasteiger partial charge >= 0.3 is 0 Å². The summed E-state index contributed by atoms with van der Waals surface area (Å²) in [5, 5.41) is 6.37. The number of aromatic nitrogens is 1. The lowest BCUT2D eigenvalue weighted by Gasteiger charge is -2.10. The Kier molecular flexibility index (Phi) is 6.69. The Hall–Kier alpha value is -2.70. The predicted molar refractivity (Wildman–Crippen MR) is 149 cm³/mol. The van der Waals surface area contributed by atoms with Crippen LogP contribution in [-0.4, -0.2) is 15.6 Å². The third-order valence-electron chi connectivity index (χ3n) is 5.93. The highest BCUT2D eigenvalue weighted by atomic mass is 35.5. The monoisotopic (exact) mass is 539 g/mol. The Labute approximate surface area is 222 Å². The molecule has 3 aromatic carbocycles. The quantitative estimate of drug-likeness (QED) is 0.265. The molecule has 0 spiro atoms. The number of benzene rings is 3. The summed E-state index contributed by atoms with van der Waals surface area (Å²) < 4.78 is 2.21. The molecule has 4 aromatic rings. The average molecular weight is 541 g/mol. The zero-order valence-electron chi connectivity index (χ0n) is 18.9. The van der Waals surface area contributed by atoms with Gasteiger partial charge in [0.2, 0.25) is 0 Å². The summed E-state index contributed by atoms with van der Waals surface area (Å²) >= 11 is 19.9. The van der Waals surface area contributed by atoms with Crippen molar-refractivity contribution in [2.24, 2.45) is 4.99 Å². The molecular weight excluding hydrogens is 521 g/mol. The first kappa shape index (κ1) is 24.0. The average Bonchev–Trinajstić information content (AvgIpc) is 3.29. The van der Waals surface area contributed by atoms with E-state index in [1.165, 1.54) is 11.8 Å². The van der Waals surface area contributed by atoms with Crippen LogP contribution in [0.15, 0.2) is 70.6 Å². The molecule has 1 aromatic heterocycles. The first-order valence-electron chi connectivity index (χ1n) is 10.9. The zero-order chi connectivity index (χ0) is 24.7. The third-order valence-corrected chi connectivity index (χ3v) is 7.66. The van der Waals surface area contributed by atoms with Crippen LogP contribution in [0.1, 0.15) is 22.4 Å². The molecule has 2 heterocycles. The number of amidine groups is 1. The highest BCUT2D eigenvalue weighted by molar-refractivity contribution is 8.18. The van der Waals surface area contributed by atoms with Crippen LogP contribution in [0.5, 0.6) is 0 Å². The number of nitrogens with one attached hydrogen (secondary N) is 1.